The number of urea groups is 1. The van der Waals surface area contributed by atoms with Gasteiger partial charge in [0.2, 0.25) is 0 Å². The Bertz CT molecular complexity index is 608. The van der Waals surface area contributed by atoms with Crippen molar-refractivity contribution in [2.24, 2.45) is 0 Å². The van der Waals surface area contributed by atoms with Gasteiger partial charge >= 0.3 is 12.0 Å². The molecular formula is C16H18N2O4. The Morgan fingerprint density at radius 1 is 1.27 bits per heavy atom. The molecule has 0 spiro atoms. The van der Waals surface area contributed by atoms with Crippen LogP contribution in [0.15, 0.2) is 36.0 Å². The normalized spacial score (nSPS) is 16.3. The number of carbonyl (C=O) groups is 3. The number of amides is 3. The third-order valence-electron chi connectivity index (χ3n) is 2.98. The highest BCUT2D eigenvalue weighted by Crippen LogP contribution is 2.14. The molecule has 1 N–H and O–H groups in total. The van der Waals surface area contributed by atoms with E-state index in [0.29, 0.717) is 0 Å². The molecule has 0 atom stereocenters. The van der Waals surface area contributed by atoms with Crippen LogP contribution in [0.2, 0.25) is 0 Å². The number of carbonyl (C=O) groups excluding carboxylic acids is 3. The van der Waals surface area contributed by atoms with Crippen LogP contribution in [-0.2, 0) is 14.3 Å². The summed E-state index contributed by atoms with van der Waals surface area (Å²) >= 11 is 0. The second kappa shape index (κ2) is 6.89. The maximum absolute atomic E-state index is 12.2. The summed E-state index contributed by atoms with van der Waals surface area (Å²) in [7, 11) is 0. The largest absolute Gasteiger partial charge is 0.463 e. The molecule has 1 aromatic rings. The molecule has 6 nitrogen and oxygen atoms in total. The summed E-state index contributed by atoms with van der Waals surface area (Å²) < 4.78 is 4.98. The molecule has 0 aliphatic carbocycles. The minimum atomic E-state index is -0.524. The highest BCUT2D eigenvalue weighted by atomic mass is 16.5. The van der Waals surface area contributed by atoms with Crippen molar-refractivity contribution in [3.63, 3.8) is 0 Å². The topological polar surface area (TPSA) is 75.7 Å². The lowest BCUT2D eigenvalue weighted by atomic mass is 10.2. The smallest absolute Gasteiger partial charge is 0.329 e. The lowest BCUT2D eigenvalue weighted by Crippen LogP contribution is -2.33. The monoisotopic (exact) mass is 302 g/mol. The van der Waals surface area contributed by atoms with Gasteiger partial charge in [-0.25, -0.2) is 4.79 Å². The van der Waals surface area contributed by atoms with E-state index in [1.807, 2.05) is 30.3 Å². The minimum Gasteiger partial charge on any atom is -0.463 e. The maximum atomic E-state index is 12.2. The zero-order valence-electron chi connectivity index (χ0n) is 12.5. The van der Waals surface area contributed by atoms with E-state index in [1.54, 1.807) is 19.9 Å². The second-order valence-electron chi connectivity index (χ2n) is 5.14. The molecule has 1 aliphatic rings. The predicted molar refractivity (Wildman–Crippen MR) is 80.5 cm³/mol. The summed E-state index contributed by atoms with van der Waals surface area (Å²) in [6.07, 6.45) is 1.37. The van der Waals surface area contributed by atoms with Crippen molar-refractivity contribution >= 4 is 24.0 Å². The van der Waals surface area contributed by atoms with E-state index in [0.717, 1.165) is 10.5 Å². The van der Waals surface area contributed by atoms with Crippen LogP contribution in [0.4, 0.5) is 4.79 Å². The first-order valence-corrected chi connectivity index (χ1v) is 7.06. The summed E-state index contributed by atoms with van der Waals surface area (Å²) in [4.78, 5) is 36.5. The number of ether oxygens (including phenoxy) is 1. The zero-order valence-corrected chi connectivity index (χ0v) is 12.5. The fourth-order valence-electron chi connectivity index (χ4n) is 2.02. The average molecular weight is 302 g/mol. The molecule has 6 heteroatoms. The quantitative estimate of drug-likeness (QED) is 0.512. The van der Waals surface area contributed by atoms with Gasteiger partial charge in [-0.1, -0.05) is 30.3 Å². The standard InChI is InChI=1S/C16H18N2O4/c1-11(2)22-14(19)8-9-18-15(20)13(17-16(18)21)10-12-6-4-3-5-7-12/h3-7,10-11H,8-9H2,1-2H3,(H,17,21). The van der Waals surface area contributed by atoms with Crippen molar-refractivity contribution in [1.82, 2.24) is 10.2 Å². The Kier molecular flexibility index (Phi) is 4.93. The predicted octanol–water partition coefficient (Wildman–Crippen LogP) is 1.92. The van der Waals surface area contributed by atoms with E-state index in [-0.39, 0.29) is 24.8 Å². The van der Waals surface area contributed by atoms with E-state index in [1.165, 1.54) is 0 Å². The lowest BCUT2D eigenvalue weighted by Gasteiger charge is -2.12. The van der Waals surface area contributed by atoms with E-state index < -0.39 is 17.9 Å². The Balaban J connectivity index is 2.00. The molecule has 2 rings (SSSR count). The zero-order chi connectivity index (χ0) is 16.1. The van der Waals surface area contributed by atoms with Gasteiger partial charge in [0.25, 0.3) is 5.91 Å². The summed E-state index contributed by atoms with van der Waals surface area (Å²) in [6.45, 7) is 3.49. The second-order valence-corrected chi connectivity index (χ2v) is 5.14. The highest BCUT2D eigenvalue weighted by Gasteiger charge is 2.33. The number of rotatable bonds is 5. The van der Waals surface area contributed by atoms with Crippen LogP contribution < -0.4 is 5.32 Å². The number of imide groups is 1. The Morgan fingerprint density at radius 3 is 2.59 bits per heavy atom. The molecule has 116 valence electrons. The van der Waals surface area contributed by atoms with Crippen molar-refractivity contribution < 1.29 is 19.1 Å². The van der Waals surface area contributed by atoms with Gasteiger partial charge in [0, 0.05) is 6.54 Å². The van der Waals surface area contributed by atoms with Gasteiger partial charge in [0.15, 0.2) is 0 Å². The number of hydrogen-bond acceptors (Lipinski definition) is 4. The van der Waals surface area contributed by atoms with Gasteiger partial charge in [-0.3, -0.25) is 14.5 Å². The molecule has 0 aromatic heterocycles. The number of nitrogens with one attached hydrogen (secondary N) is 1. The molecule has 0 bridgehead atoms. The van der Waals surface area contributed by atoms with Gasteiger partial charge in [0.05, 0.1) is 12.5 Å². The fraction of sp³-hybridized carbons (Fsp3) is 0.312. The van der Waals surface area contributed by atoms with Crippen molar-refractivity contribution in [3.05, 3.63) is 41.6 Å². The third-order valence-corrected chi connectivity index (χ3v) is 2.98. The minimum absolute atomic E-state index is 0.00233. The Morgan fingerprint density at radius 2 is 1.95 bits per heavy atom. The van der Waals surface area contributed by atoms with Crippen LogP contribution >= 0.6 is 0 Å². The van der Waals surface area contributed by atoms with Gasteiger partial charge in [-0.05, 0) is 25.5 Å². The molecule has 0 saturated carbocycles. The molecule has 22 heavy (non-hydrogen) atoms. The van der Waals surface area contributed by atoms with E-state index in [4.69, 9.17) is 4.74 Å². The molecule has 1 aromatic carbocycles. The molecule has 0 radical (unpaired) electrons. The SMILES string of the molecule is CC(C)OC(=O)CCN1C(=O)NC(=Cc2ccccc2)C1=O. The summed E-state index contributed by atoms with van der Waals surface area (Å²) in [5, 5.41) is 2.51. The van der Waals surface area contributed by atoms with Crippen LogP contribution in [-0.4, -0.2) is 35.5 Å². The summed E-state index contributed by atoms with van der Waals surface area (Å²) in [5.74, 6) is -0.873. The van der Waals surface area contributed by atoms with Crippen molar-refractivity contribution in [2.75, 3.05) is 6.54 Å². The van der Waals surface area contributed by atoms with Gasteiger partial charge in [0.1, 0.15) is 5.70 Å². The van der Waals surface area contributed by atoms with Crippen molar-refractivity contribution in [1.29, 1.82) is 0 Å². The molecular weight excluding hydrogens is 284 g/mol. The molecule has 1 heterocycles. The van der Waals surface area contributed by atoms with Crippen LogP contribution in [0.25, 0.3) is 6.08 Å². The van der Waals surface area contributed by atoms with Crippen LogP contribution in [0.1, 0.15) is 25.8 Å². The van der Waals surface area contributed by atoms with Crippen LogP contribution in [0.5, 0.6) is 0 Å². The van der Waals surface area contributed by atoms with Gasteiger partial charge in [-0.15, -0.1) is 0 Å². The number of nitrogens with zero attached hydrogens (tertiary/aromatic N) is 1. The summed E-state index contributed by atoms with van der Waals surface area (Å²) in [6, 6.07) is 8.68. The number of benzene rings is 1. The fourth-order valence-corrected chi connectivity index (χ4v) is 2.02. The first-order valence-electron chi connectivity index (χ1n) is 7.06. The maximum Gasteiger partial charge on any atom is 0.329 e. The third kappa shape index (κ3) is 3.94. The first-order chi connectivity index (χ1) is 10.5. The van der Waals surface area contributed by atoms with E-state index >= 15 is 0 Å². The average Bonchev–Trinajstić information content (AvgIpc) is 2.72. The summed E-state index contributed by atoms with van der Waals surface area (Å²) in [5.41, 5.74) is 1.01. The molecule has 3 amide bonds. The molecule has 1 saturated heterocycles. The van der Waals surface area contributed by atoms with Crippen LogP contribution in [0.3, 0.4) is 0 Å². The Hall–Kier alpha value is -2.63. The van der Waals surface area contributed by atoms with Gasteiger partial charge in [-0.2, -0.15) is 0 Å². The van der Waals surface area contributed by atoms with Gasteiger partial charge < -0.3 is 10.1 Å². The highest BCUT2D eigenvalue weighted by molar-refractivity contribution is 6.14. The number of hydrogen-bond donors (Lipinski definition) is 1. The molecule has 0 unspecified atom stereocenters. The number of esters is 1. The lowest BCUT2D eigenvalue weighted by molar-refractivity contribution is -0.147. The van der Waals surface area contributed by atoms with Crippen molar-refractivity contribution in [2.45, 2.75) is 26.4 Å². The molecule has 1 fully saturated rings. The molecule has 1 aliphatic heterocycles. The first kappa shape index (κ1) is 15.8. The van der Waals surface area contributed by atoms with Crippen LogP contribution in [0, 0.1) is 0 Å². The van der Waals surface area contributed by atoms with Crippen molar-refractivity contribution in [3.8, 4) is 0 Å². The van der Waals surface area contributed by atoms with E-state index in [2.05, 4.69) is 5.32 Å². The Labute approximate surface area is 128 Å². The van der Waals surface area contributed by atoms with E-state index in [9.17, 15) is 14.4 Å².